The smallest absolute Gasteiger partial charge is 0.254 e. The number of Topliss-reactive ketones (excluding diaryl/α,β-unsaturated/α-hetero) is 1. The Balaban J connectivity index is 1.92. The van der Waals surface area contributed by atoms with Crippen molar-refractivity contribution < 1.29 is 9.59 Å². The Morgan fingerprint density at radius 2 is 1.90 bits per heavy atom. The van der Waals surface area contributed by atoms with Crippen molar-refractivity contribution >= 4 is 23.5 Å². The van der Waals surface area contributed by atoms with E-state index in [1.165, 1.54) is 0 Å². The summed E-state index contributed by atoms with van der Waals surface area (Å²) in [5.41, 5.74) is 1.81. The van der Waals surface area contributed by atoms with Crippen LogP contribution in [0.3, 0.4) is 0 Å². The van der Waals surface area contributed by atoms with E-state index in [4.69, 9.17) is 0 Å². The van der Waals surface area contributed by atoms with Crippen molar-refractivity contribution in [3.8, 4) is 0 Å². The van der Waals surface area contributed by atoms with Crippen molar-refractivity contribution in [3.63, 3.8) is 0 Å². The Morgan fingerprint density at radius 3 is 2.50 bits per heavy atom. The lowest BCUT2D eigenvalue weighted by Gasteiger charge is -2.34. The topological polar surface area (TPSA) is 37.4 Å². The number of carbonyl (C=O) groups excluding carboxylic acids is 2. The largest absolute Gasteiger partial charge is 0.332 e. The minimum absolute atomic E-state index is 0.110. The first-order valence-electron chi connectivity index (χ1n) is 7.09. The van der Waals surface area contributed by atoms with Crippen LogP contribution >= 0.6 is 11.8 Å². The summed E-state index contributed by atoms with van der Waals surface area (Å²) >= 11 is 1.65. The van der Waals surface area contributed by atoms with Gasteiger partial charge >= 0.3 is 0 Å². The Labute approximate surface area is 123 Å². The van der Waals surface area contributed by atoms with E-state index in [9.17, 15) is 9.59 Å². The molecule has 2 saturated heterocycles. The van der Waals surface area contributed by atoms with Crippen LogP contribution in [0.2, 0.25) is 0 Å². The minimum atomic E-state index is 0.110. The highest BCUT2D eigenvalue weighted by Crippen LogP contribution is 2.35. The van der Waals surface area contributed by atoms with Crippen LogP contribution in [0, 0.1) is 6.92 Å². The number of ketones is 1. The number of aryl methyl sites for hydroxylation is 1. The molecule has 0 aromatic heterocycles. The fraction of sp³-hybridized carbons (Fsp3) is 0.500. The van der Waals surface area contributed by atoms with Gasteiger partial charge in [-0.15, -0.1) is 11.8 Å². The first kappa shape index (κ1) is 13.7. The number of benzene rings is 1. The number of hydrogen-bond acceptors (Lipinski definition) is 3. The molecular formula is C16H19NO2S. The Kier molecular flexibility index (Phi) is 3.59. The summed E-state index contributed by atoms with van der Waals surface area (Å²) in [6.07, 6.45) is 5.06. The molecule has 0 unspecified atom stereocenters. The number of thioether (sulfide) groups is 1. The standard InChI is InChI=1S/C16H19NO2S/c1-10-3-6-14(20-2)9-15(10)16(19)17-11-4-5-12(17)8-13(18)7-11/h3,6,9,11-12H,4-5,7-8H2,1-2H3/t11-,12-/m0/s1. The van der Waals surface area contributed by atoms with Crippen molar-refractivity contribution in [2.45, 2.75) is 49.6 Å². The number of nitrogens with zero attached hydrogens (tertiary/aromatic N) is 1. The van der Waals surface area contributed by atoms with E-state index >= 15 is 0 Å². The molecule has 0 N–H and O–H groups in total. The third kappa shape index (κ3) is 2.26. The molecule has 2 heterocycles. The highest BCUT2D eigenvalue weighted by molar-refractivity contribution is 7.98. The molecule has 106 valence electrons. The molecule has 2 bridgehead atoms. The maximum Gasteiger partial charge on any atom is 0.254 e. The summed E-state index contributed by atoms with van der Waals surface area (Å²) in [7, 11) is 0. The van der Waals surface area contributed by atoms with Gasteiger partial charge < -0.3 is 4.90 Å². The Morgan fingerprint density at radius 1 is 1.25 bits per heavy atom. The van der Waals surface area contributed by atoms with E-state index in [1.807, 2.05) is 36.3 Å². The van der Waals surface area contributed by atoms with Crippen molar-refractivity contribution in [1.29, 1.82) is 0 Å². The summed E-state index contributed by atoms with van der Waals surface area (Å²) in [6.45, 7) is 1.98. The van der Waals surface area contributed by atoms with Gasteiger partial charge in [0.15, 0.2) is 0 Å². The maximum atomic E-state index is 12.9. The average Bonchev–Trinajstić information content (AvgIpc) is 2.71. The predicted octanol–water partition coefficient (Wildman–Crippen LogP) is 3.05. The third-order valence-corrected chi connectivity index (χ3v) is 5.18. The summed E-state index contributed by atoms with van der Waals surface area (Å²) in [4.78, 5) is 27.6. The van der Waals surface area contributed by atoms with Crippen LogP contribution in [0.5, 0.6) is 0 Å². The van der Waals surface area contributed by atoms with Gasteiger partial charge in [0.1, 0.15) is 5.78 Å². The van der Waals surface area contributed by atoms with E-state index in [0.29, 0.717) is 18.6 Å². The van der Waals surface area contributed by atoms with Gasteiger partial charge in [-0.3, -0.25) is 9.59 Å². The van der Waals surface area contributed by atoms with E-state index in [2.05, 4.69) is 0 Å². The van der Waals surface area contributed by atoms with Gasteiger partial charge in [0.05, 0.1) is 0 Å². The minimum Gasteiger partial charge on any atom is -0.332 e. The van der Waals surface area contributed by atoms with Gasteiger partial charge in [-0.25, -0.2) is 0 Å². The number of carbonyl (C=O) groups is 2. The zero-order valence-electron chi connectivity index (χ0n) is 11.9. The lowest BCUT2D eigenvalue weighted by atomic mass is 9.99. The molecule has 3 nitrogen and oxygen atoms in total. The molecule has 0 radical (unpaired) electrons. The van der Waals surface area contributed by atoms with Gasteiger partial charge in [-0.05, 0) is 43.7 Å². The van der Waals surface area contributed by atoms with Crippen LogP contribution in [0.4, 0.5) is 0 Å². The predicted molar refractivity (Wildman–Crippen MR) is 80.2 cm³/mol. The molecule has 1 amide bonds. The van der Waals surface area contributed by atoms with Crippen molar-refractivity contribution in [1.82, 2.24) is 4.90 Å². The summed E-state index contributed by atoms with van der Waals surface area (Å²) in [6, 6.07) is 6.30. The first-order valence-corrected chi connectivity index (χ1v) is 8.31. The second-order valence-electron chi connectivity index (χ2n) is 5.73. The number of fused-ring (bicyclic) bond motifs is 2. The molecule has 3 rings (SSSR count). The second-order valence-corrected chi connectivity index (χ2v) is 6.60. The molecule has 0 saturated carbocycles. The second kappa shape index (κ2) is 5.24. The molecule has 4 heteroatoms. The van der Waals surface area contributed by atoms with Gasteiger partial charge in [-0.2, -0.15) is 0 Å². The van der Waals surface area contributed by atoms with E-state index in [0.717, 1.165) is 28.9 Å². The van der Waals surface area contributed by atoms with Gasteiger partial charge in [0, 0.05) is 35.4 Å². The lowest BCUT2D eigenvalue weighted by Crippen LogP contribution is -2.46. The monoisotopic (exact) mass is 289 g/mol. The third-order valence-electron chi connectivity index (χ3n) is 4.46. The van der Waals surface area contributed by atoms with Crippen molar-refractivity contribution in [3.05, 3.63) is 29.3 Å². The van der Waals surface area contributed by atoms with Crippen LogP contribution in [0.15, 0.2) is 23.1 Å². The highest BCUT2D eigenvalue weighted by atomic mass is 32.2. The molecule has 20 heavy (non-hydrogen) atoms. The first-order chi connectivity index (χ1) is 9.60. The fourth-order valence-electron chi connectivity index (χ4n) is 3.40. The zero-order valence-corrected chi connectivity index (χ0v) is 12.7. The molecule has 0 spiro atoms. The zero-order chi connectivity index (χ0) is 14.3. The van der Waals surface area contributed by atoms with E-state index < -0.39 is 0 Å². The summed E-state index contributed by atoms with van der Waals surface area (Å²) in [5.74, 6) is 0.425. The highest BCUT2D eigenvalue weighted by Gasteiger charge is 2.43. The van der Waals surface area contributed by atoms with Crippen LogP contribution in [0.1, 0.15) is 41.6 Å². The molecule has 2 atom stereocenters. The fourth-order valence-corrected chi connectivity index (χ4v) is 3.84. The molecule has 2 fully saturated rings. The van der Waals surface area contributed by atoms with Crippen LogP contribution in [-0.4, -0.2) is 34.9 Å². The van der Waals surface area contributed by atoms with Crippen molar-refractivity contribution in [2.24, 2.45) is 0 Å². The maximum absolute atomic E-state index is 12.9. The molecule has 2 aliphatic rings. The van der Waals surface area contributed by atoms with Gasteiger partial charge in [-0.1, -0.05) is 6.07 Å². The Hall–Kier alpha value is -1.29. The molecule has 1 aromatic carbocycles. The SMILES string of the molecule is CSc1ccc(C)c(C(=O)N2[C@H]3CC[C@H]2CC(=O)C3)c1. The quantitative estimate of drug-likeness (QED) is 0.785. The molecular weight excluding hydrogens is 270 g/mol. The molecule has 2 aliphatic heterocycles. The van der Waals surface area contributed by atoms with Gasteiger partial charge in [0.25, 0.3) is 5.91 Å². The molecule has 0 aliphatic carbocycles. The van der Waals surface area contributed by atoms with Crippen LogP contribution in [0.25, 0.3) is 0 Å². The Bertz CT molecular complexity index is 554. The summed E-state index contributed by atoms with van der Waals surface area (Å²) < 4.78 is 0. The van der Waals surface area contributed by atoms with Crippen molar-refractivity contribution in [2.75, 3.05) is 6.26 Å². The number of hydrogen-bond donors (Lipinski definition) is 0. The number of amides is 1. The average molecular weight is 289 g/mol. The molecule has 1 aromatic rings. The van der Waals surface area contributed by atoms with E-state index in [-0.39, 0.29) is 18.0 Å². The van der Waals surface area contributed by atoms with Gasteiger partial charge in [0.2, 0.25) is 0 Å². The number of rotatable bonds is 2. The van der Waals surface area contributed by atoms with Crippen LogP contribution < -0.4 is 0 Å². The number of piperidine rings is 1. The lowest BCUT2D eigenvalue weighted by molar-refractivity contribution is -0.122. The normalized spacial score (nSPS) is 25.1. The van der Waals surface area contributed by atoms with E-state index in [1.54, 1.807) is 11.8 Å². The van der Waals surface area contributed by atoms with Crippen LogP contribution in [-0.2, 0) is 4.79 Å². The summed E-state index contributed by atoms with van der Waals surface area (Å²) in [5, 5.41) is 0.